The molecule has 0 bridgehead atoms. The van der Waals surface area contributed by atoms with E-state index in [1.54, 1.807) is 6.20 Å². The van der Waals surface area contributed by atoms with Crippen LogP contribution < -0.4 is 11.1 Å². The Hall–Kier alpha value is -2.84. The number of aryl methyl sites for hydroxylation is 1. The highest BCUT2D eigenvalue weighted by Crippen LogP contribution is 2.38. The number of pyridine rings is 1. The maximum atomic E-state index is 12.3. The molecule has 0 aliphatic carbocycles. The SMILES string of the molecule is Cc1cnc(N)c(C=C(CNC(=O)OCc2ccccc2)B2OC(C)(C)C(C)(C)O2)c1. The van der Waals surface area contributed by atoms with Gasteiger partial charge in [-0.2, -0.15) is 0 Å². The second-order valence-corrected chi connectivity index (χ2v) is 8.71. The molecule has 3 N–H and O–H groups in total. The lowest BCUT2D eigenvalue weighted by Crippen LogP contribution is -2.41. The van der Waals surface area contributed by atoms with E-state index in [0.717, 1.165) is 22.2 Å². The molecule has 2 aromatic rings. The number of nitrogen functional groups attached to an aromatic ring is 1. The third kappa shape index (κ3) is 5.65. The molecule has 1 fully saturated rings. The number of aromatic nitrogens is 1. The van der Waals surface area contributed by atoms with E-state index in [-0.39, 0.29) is 13.2 Å². The highest BCUT2D eigenvalue weighted by atomic mass is 16.7. The van der Waals surface area contributed by atoms with Crippen LogP contribution in [0.25, 0.3) is 6.08 Å². The van der Waals surface area contributed by atoms with Gasteiger partial charge in [0.15, 0.2) is 0 Å². The molecule has 0 radical (unpaired) electrons. The standard InChI is InChI=1S/C23H30BN3O4/c1-16-11-18(20(25)26-13-16)12-19(24-30-22(2,3)23(4,5)31-24)14-27-21(28)29-15-17-9-7-6-8-10-17/h6-13H,14-15H2,1-5H3,(H2,25,26)(H,27,28). The molecule has 0 atom stereocenters. The van der Waals surface area contributed by atoms with Crippen molar-refractivity contribution in [3.05, 3.63) is 64.8 Å². The number of carbonyl (C=O) groups excluding carboxylic acids is 1. The minimum Gasteiger partial charge on any atom is -0.445 e. The molecule has 0 saturated carbocycles. The topological polar surface area (TPSA) is 95.7 Å². The van der Waals surface area contributed by atoms with Crippen LogP contribution in [0.2, 0.25) is 0 Å². The van der Waals surface area contributed by atoms with Crippen molar-refractivity contribution in [3.8, 4) is 0 Å². The number of benzene rings is 1. The summed E-state index contributed by atoms with van der Waals surface area (Å²) >= 11 is 0. The Labute approximate surface area is 184 Å². The van der Waals surface area contributed by atoms with Crippen LogP contribution in [0.3, 0.4) is 0 Å². The normalized spacial score (nSPS) is 17.5. The maximum absolute atomic E-state index is 12.3. The van der Waals surface area contributed by atoms with E-state index in [1.165, 1.54) is 0 Å². The number of anilines is 1. The van der Waals surface area contributed by atoms with Gasteiger partial charge in [0.05, 0.1) is 11.2 Å². The number of rotatable bonds is 6. The number of nitrogens with two attached hydrogens (primary N) is 1. The van der Waals surface area contributed by atoms with Gasteiger partial charge in [0.25, 0.3) is 0 Å². The van der Waals surface area contributed by atoms with Crippen molar-refractivity contribution >= 4 is 25.1 Å². The molecule has 1 aliphatic rings. The average Bonchev–Trinajstić information content (AvgIpc) is 2.94. The monoisotopic (exact) mass is 423 g/mol. The van der Waals surface area contributed by atoms with Gasteiger partial charge in [0.1, 0.15) is 12.4 Å². The first-order valence-electron chi connectivity index (χ1n) is 10.3. The molecule has 7 nitrogen and oxygen atoms in total. The Bertz CT molecular complexity index is 945. The van der Waals surface area contributed by atoms with Gasteiger partial charge in [-0.15, -0.1) is 0 Å². The van der Waals surface area contributed by atoms with Crippen molar-refractivity contribution in [1.29, 1.82) is 0 Å². The molecular formula is C23H30BN3O4. The van der Waals surface area contributed by atoms with Gasteiger partial charge in [-0.25, -0.2) is 9.78 Å². The lowest BCUT2D eigenvalue weighted by molar-refractivity contribution is 0.00578. The van der Waals surface area contributed by atoms with Gasteiger partial charge in [-0.1, -0.05) is 36.4 Å². The lowest BCUT2D eigenvalue weighted by atomic mass is 9.77. The highest BCUT2D eigenvalue weighted by Gasteiger charge is 2.52. The van der Waals surface area contributed by atoms with E-state index in [2.05, 4.69) is 10.3 Å². The van der Waals surface area contributed by atoms with Gasteiger partial charge < -0.3 is 25.1 Å². The van der Waals surface area contributed by atoms with E-state index >= 15 is 0 Å². The summed E-state index contributed by atoms with van der Waals surface area (Å²) in [5.74, 6) is 0.395. The quantitative estimate of drug-likeness (QED) is 0.684. The van der Waals surface area contributed by atoms with Crippen LogP contribution in [0.15, 0.2) is 48.1 Å². The molecule has 1 aromatic carbocycles. The Morgan fingerprint density at radius 1 is 1.19 bits per heavy atom. The maximum Gasteiger partial charge on any atom is 0.492 e. The molecule has 0 unspecified atom stereocenters. The molecule has 1 aromatic heterocycles. The number of hydrogen-bond acceptors (Lipinski definition) is 6. The van der Waals surface area contributed by atoms with Crippen LogP contribution in [-0.4, -0.2) is 35.9 Å². The molecule has 164 valence electrons. The van der Waals surface area contributed by atoms with E-state index in [4.69, 9.17) is 19.8 Å². The van der Waals surface area contributed by atoms with Crippen molar-refractivity contribution < 1.29 is 18.8 Å². The minimum atomic E-state index is -0.640. The van der Waals surface area contributed by atoms with Crippen LogP contribution >= 0.6 is 0 Å². The van der Waals surface area contributed by atoms with Crippen LogP contribution in [0.4, 0.5) is 10.6 Å². The van der Waals surface area contributed by atoms with Gasteiger partial charge in [0, 0.05) is 18.3 Å². The van der Waals surface area contributed by atoms with Crippen molar-refractivity contribution in [2.24, 2.45) is 0 Å². The number of amides is 1. The molecule has 31 heavy (non-hydrogen) atoms. The van der Waals surface area contributed by atoms with E-state index < -0.39 is 24.4 Å². The summed E-state index contributed by atoms with van der Waals surface area (Å²) in [6.45, 7) is 10.2. The molecule has 8 heteroatoms. The van der Waals surface area contributed by atoms with Gasteiger partial charge >= 0.3 is 13.2 Å². The smallest absolute Gasteiger partial charge is 0.445 e. The average molecular weight is 423 g/mol. The molecule has 3 rings (SSSR count). The number of nitrogens with zero attached hydrogens (tertiary/aromatic N) is 1. The minimum absolute atomic E-state index is 0.178. The van der Waals surface area contributed by atoms with Gasteiger partial charge in [-0.05, 0) is 57.3 Å². The number of nitrogens with one attached hydrogen (secondary N) is 1. The third-order valence-electron chi connectivity index (χ3n) is 5.63. The number of carbonyl (C=O) groups is 1. The van der Waals surface area contributed by atoms with Gasteiger partial charge in [-0.3, -0.25) is 0 Å². The molecule has 1 amide bonds. The molecule has 0 spiro atoms. The Kier molecular flexibility index (Phi) is 6.72. The van der Waals surface area contributed by atoms with E-state index in [0.29, 0.717) is 5.82 Å². The van der Waals surface area contributed by atoms with Gasteiger partial charge in [0.2, 0.25) is 0 Å². The Morgan fingerprint density at radius 2 is 1.84 bits per heavy atom. The summed E-state index contributed by atoms with van der Waals surface area (Å²) in [6.07, 6.45) is 3.04. The first kappa shape index (κ1) is 22.8. The van der Waals surface area contributed by atoms with Crippen molar-refractivity contribution in [2.45, 2.75) is 52.4 Å². The number of alkyl carbamates (subject to hydrolysis) is 1. The first-order chi connectivity index (χ1) is 14.6. The summed E-state index contributed by atoms with van der Waals surface area (Å²) in [5.41, 5.74) is 8.38. The van der Waals surface area contributed by atoms with Crippen molar-refractivity contribution in [3.63, 3.8) is 0 Å². The fourth-order valence-electron chi connectivity index (χ4n) is 3.06. The molecular weight excluding hydrogens is 393 g/mol. The summed E-state index contributed by atoms with van der Waals surface area (Å²) in [4.78, 5) is 16.5. The van der Waals surface area contributed by atoms with Crippen LogP contribution in [0.1, 0.15) is 44.4 Å². The Balaban J connectivity index is 1.75. The fraction of sp³-hybridized carbons (Fsp3) is 0.391. The predicted octanol–water partition coefficient (Wildman–Crippen LogP) is 3.91. The highest BCUT2D eigenvalue weighted by molar-refractivity contribution is 6.56. The van der Waals surface area contributed by atoms with Crippen LogP contribution in [0, 0.1) is 6.92 Å². The third-order valence-corrected chi connectivity index (χ3v) is 5.63. The Morgan fingerprint density at radius 3 is 2.48 bits per heavy atom. The zero-order valence-electron chi connectivity index (χ0n) is 18.8. The summed E-state index contributed by atoms with van der Waals surface area (Å²) in [6, 6.07) is 11.4. The number of ether oxygens (including phenoxy) is 1. The lowest BCUT2D eigenvalue weighted by Gasteiger charge is -2.32. The second kappa shape index (κ2) is 9.12. The fourth-order valence-corrected chi connectivity index (χ4v) is 3.06. The van der Waals surface area contributed by atoms with Crippen LogP contribution in [0.5, 0.6) is 0 Å². The second-order valence-electron chi connectivity index (χ2n) is 8.71. The first-order valence-corrected chi connectivity index (χ1v) is 10.3. The molecule has 1 aliphatic heterocycles. The largest absolute Gasteiger partial charge is 0.492 e. The summed E-state index contributed by atoms with van der Waals surface area (Å²) in [5, 5.41) is 2.79. The van der Waals surface area contributed by atoms with Crippen LogP contribution in [-0.2, 0) is 20.7 Å². The van der Waals surface area contributed by atoms with E-state index in [9.17, 15) is 4.79 Å². The van der Waals surface area contributed by atoms with E-state index in [1.807, 2.05) is 77.1 Å². The predicted molar refractivity (Wildman–Crippen MR) is 122 cm³/mol. The van der Waals surface area contributed by atoms with Crippen molar-refractivity contribution in [1.82, 2.24) is 10.3 Å². The van der Waals surface area contributed by atoms with Crippen molar-refractivity contribution in [2.75, 3.05) is 12.3 Å². The molecule has 2 heterocycles. The number of hydrogen-bond donors (Lipinski definition) is 2. The zero-order chi connectivity index (χ0) is 22.6. The summed E-state index contributed by atoms with van der Waals surface area (Å²) < 4.78 is 17.7. The molecule has 1 saturated heterocycles. The summed E-state index contributed by atoms with van der Waals surface area (Å²) in [7, 11) is -0.640. The zero-order valence-corrected chi connectivity index (χ0v) is 18.8.